The molecule has 1 aliphatic rings. The largest absolute Gasteiger partial charge is 0.456 e. The number of allylic oxidation sites excluding steroid dienone is 5. The summed E-state index contributed by atoms with van der Waals surface area (Å²) in [6.07, 6.45) is 14.4. The molecule has 212 valence electrons. The van der Waals surface area contributed by atoms with Gasteiger partial charge in [-0.2, -0.15) is 0 Å². The second kappa shape index (κ2) is 11.0. The van der Waals surface area contributed by atoms with Crippen LogP contribution in [0.5, 0.6) is 0 Å². The summed E-state index contributed by atoms with van der Waals surface area (Å²) < 4.78 is 6.43. The molecule has 0 fully saturated rings. The Kier molecular flexibility index (Phi) is 6.90. The standard InChI is InChI=1S/C39H35N3O/c1-5-8-9-15-24(4)37-40-38(25(13-6-2)14-7-3)42-39(41-37)27-21-20-26-23-33-36-34(31(26)22-27)29-17-11-10-16-28(29)30-18-12-19-32(43-33)35(30)36/h6,8-23,38H,5,7H2,1-4H3,(H,40,41,42)/b9-8-,13-6-,24-15+,25-14+. The lowest BCUT2D eigenvalue weighted by Crippen LogP contribution is -2.38. The van der Waals surface area contributed by atoms with E-state index in [4.69, 9.17) is 14.4 Å². The molecule has 2 heterocycles. The van der Waals surface area contributed by atoms with Gasteiger partial charge in [0, 0.05) is 21.7 Å². The Morgan fingerprint density at radius 2 is 1.65 bits per heavy atom. The summed E-state index contributed by atoms with van der Waals surface area (Å²) >= 11 is 0. The van der Waals surface area contributed by atoms with E-state index in [2.05, 4.69) is 129 Å². The number of amidine groups is 2. The molecule has 1 unspecified atom stereocenters. The molecular weight excluding hydrogens is 526 g/mol. The summed E-state index contributed by atoms with van der Waals surface area (Å²) in [5, 5.41) is 13.2. The Labute approximate surface area is 251 Å². The van der Waals surface area contributed by atoms with Gasteiger partial charge in [0.2, 0.25) is 0 Å². The molecule has 0 spiro atoms. The maximum Gasteiger partial charge on any atom is 0.169 e. The van der Waals surface area contributed by atoms with E-state index in [1.165, 1.54) is 37.7 Å². The van der Waals surface area contributed by atoms with Crippen molar-refractivity contribution in [1.82, 2.24) is 5.32 Å². The van der Waals surface area contributed by atoms with Crippen LogP contribution in [0.4, 0.5) is 0 Å². The van der Waals surface area contributed by atoms with Crippen LogP contribution in [0.1, 0.15) is 46.1 Å². The monoisotopic (exact) mass is 561 g/mol. The topological polar surface area (TPSA) is 49.9 Å². The summed E-state index contributed by atoms with van der Waals surface area (Å²) in [5.74, 6) is 1.67. The van der Waals surface area contributed by atoms with Crippen LogP contribution in [-0.4, -0.2) is 17.8 Å². The van der Waals surface area contributed by atoms with Crippen molar-refractivity contribution in [3.05, 3.63) is 120 Å². The molecule has 5 aromatic carbocycles. The summed E-state index contributed by atoms with van der Waals surface area (Å²) in [6.45, 7) is 8.44. The number of rotatable bonds is 7. The van der Waals surface area contributed by atoms with Gasteiger partial charge in [0.25, 0.3) is 0 Å². The van der Waals surface area contributed by atoms with Crippen LogP contribution in [-0.2, 0) is 0 Å². The fourth-order valence-electron chi connectivity index (χ4n) is 6.34. The Morgan fingerprint density at radius 3 is 2.47 bits per heavy atom. The quantitative estimate of drug-likeness (QED) is 0.156. The molecule has 1 aromatic heterocycles. The van der Waals surface area contributed by atoms with Crippen LogP contribution in [0.25, 0.3) is 54.3 Å². The van der Waals surface area contributed by atoms with E-state index >= 15 is 0 Å². The van der Waals surface area contributed by atoms with Crippen LogP contribution in [0.2, 0.25) is 0 Å². The molecular formula is C39H35N3O. The molecule has 0 bridgehead atoms. The highest BCUT2D eigenvalue weighted by molar-refractivity contribution is 6.38. The first-order valence-electron chi connectivity index (χ1n) is 15.2. The van der Waals surface area contributed by atoms with Gasteiger partial charge in [0.15, 0.2) is 6.17 Å². The minimum Gasteiger partial charge on any atom is -0.456 e. The Bertz CT molecular complexity index is 2200. The lowest BCUT2D eigenvalue weighted by molar-refractivity contribution is 0.670. The van der Waals surface area contributed by atoms with E-state index in [-0.39, 0.29) is 6.17 Å². The predicted octanol–water partition coefficient (Wildman–Crippen LogP) is 10.4. The Balaban J connectivity index is 1.46. The lowest BCUT2D eigenvalue weighted by atomic mass is 9.90. The third-order valence-corrected chi connectivity index (χ3v) is 8.29. The van der Waals surface area contributed by atoms with Crippen molar-refractivity contribution in [3.8, 4) is 0 Å². The molecule has 1 aliphatic heterocycles. The van der Waals surface area contributed by atoms with Crippen LogP contribution in [0, 0.1) is 0 Å². The zero-order valence-corrected chi connectivity index (χ0v) is 25.1. The summed E-state index contributed by atoms with van der Waals surface area (Å²) in [7, 11) is 0. The van der Waals surface area contributed by atoms with Crippen molar-refractivity contribution in [2.75, 3.05) is 0 Å². The second-order valence-electron chi connectivity index (χ2n) is 11.1. The number of benzene rings is 5. The molecule has 0 radical (unpaired) electrons. The van der Waals surface area contributed by atoms with Gasteiger partial charge in [0.1, 0.15) is 22.8 Å². The van der Waals surface area contributed by atoms with E-state index in [0.717, 1.165) is 57.8 Å². The molecule has 4 heteroatoms. The highest BCUT2D eigenvalue weighted by atomic mass is 16.3. The first kappa shape index (κ1) is 26.9. The van der Waals surface area contributed by atoms with Crippen LogP contribution < -0.4 is 5.32 Å². The summed E-state index contributed by atoms with van der Waals surface area (Å²) in [6, 6.07) is 23.9. The summed E-state index contributed by atoms with van der Waals surface area (Å²) in [5.41, 5.74) is 5.06. The number of furan rings is 1. The van der Waals surface area contributed by atoms with Gasteiger partial charge in [-0.1, -0.05) is 98.8 Å². The molecule has 7 rings (SSSR count). The van der Waals surface area contributed by atoms with Crippen molar-refractivity contribution < 1.29 is 4.42 Å². The third-order valence-electron chi connectivity index (χ3n) is 8.29. The highest BCUT2D eigenvalue weighted by Crippen LogP contribution is 2.45. The van der Waals surface area contributed by atoms with Gasteiger partial charge >= 0.3 is 0 Å². The second-order valence-corrected chi connectivity index (χ2v) is 11.1. The Hall–Kier alpha value is -4.96. The van der Waals surface area contributed by atoms with Crippen molar-refractivity contribution in [3.63, 3.8) is 0 Å². The van der Waals surface area contributed by atoms with Crippen LogP contribution in [0.3, 0.4) is 0 Å². The molecule has 0 saturated carbocycles. The minimum absolute atomic E-state index is 0.321. The van der Waals surface area contributed by atoms with Gasteiger partial charge in [-0.3, -0.25) is 0 Å². The van der Waals surface area contributed by atoms with E-state index < -0.39 is 0 Å². The average molecular weight is 562 g/mol. The zero-order chi connectivity index (χ0) is 29.5. The van der Waals surface area contributed by atoms with Crippen LogP contribution in [0.15, 0.2) is 129 Å². The lowest BCUT2D eigenvalue weighted by Gasteiger charge is -2.23. The summed E-state index contributed by atoms with van der Waals surface area (Å²) in [4.78, 5) is 10.2. The van der Waals surface area contributed by atoms with E-state index in [1.807, 2.05) is 6.92 Å². The SMILES string of the molecule is C/C=C\C(=C/CC)C1N=C(/C(C)=C/C=C\CC)NC(c2ccc3cc4oc5cccc6c7ccccc7c(c3c2)c4c56)=N1. The maximum atomic E-state index is 6.43. The van der Waals surface area contributed by atoms with Gasteiger partial charge in [-0.05, 0) is 83.0 Å². The molecule has 43 heavy (non-hydrogen) atoms. The molecule has 0 aliphatic carbocycles. The van der Waals surface area contributed by atoms with Crippen molar-refractivity contribution >= 4 is 65.9 Å². The Morgan fingerprint density at radius 1 is 0.837 bits per heavy atom. The fraction of sp³-hybridized carbons (Fsp3) is 0.179. The molecule has 1 atom stereocenters. The van der Waals surface area contributed by atoms with E-state index in [0.29, 0.717) is 0 Å². The van der Waals surface area contributed by atoms with E-state index in [1.54, 1.807) is 0 Å². The average Bonchev–Trinajstić information content (AvgIpc) is 3.41. The number of nitrogens with one attached hydrogen (secondary N) is 1. The smallest absolute Gasteiger partial charge is 0.169 e. The van der Waals surface area contributed by atoms with Crippen molar-refractivity contribution in [1.29, 1.82) is 0 Å². The van der Waals surface area contributed by atoms with Crippen LogP contribution >= 0.6 is 0 Å². The predicted molar refractivity (Wildman–Crippen MR) is 185 cm³/mol. The zero-order valence-electron chi connectivity index (χ0n) is 25.1. The first-order valence-corrected chi connectivity index (χ1v) is 15.2. The number of nitrogens with zero attached hydrogens (tertiary/aromatic N) is 2. The van der Waals surface area contributed by atoms with Gasteiger partial charge in [-0.15, -0.1) is 0 Å². The van der Waals surface area contributed by atoms with Crippen molar-refractivity contribution in [2.24, 2.45) is 9.98 Å². The number of hydrogen-bond acceptors (Lipinski definition) is 4. The number of hydrogen-bond donors (Lipinski definition) is 1. The number of aliphatic imine (C=N–C) groups is 2. The molecule has 0 amide bonds. The van der Waals surface area contributed by atoms with Crippen molar-refractivity contribution in [2.45, 2.75) is 46.7 Å². The molecule has 0 saturated heterocycles. The van der Waals surface area contributed by atoms with Gasteiger partial charge in [-0.25, -0.2) is 9.98 Å². The third kappa shape index (κ3) is 4.54. The first-order chi connectivity index (χ1) is 21.1. The highest BCUT2D eigenvalue weighted by Gasteiger charge is 2.23. The number of fused-ring (bicyclic) bond motifs is 5. The maximum absolute atomic E-state index is 6.43. The van der Waals surface area contributed by atoms with Gasteiger partial charge in [0.05, 0.1) is 0 Å². The minimum atomic E-state index is -0.321. The fourth-order valence-corrected chi connectivity index (χ4v) is 6.34. The molecule has 6 aromatic rings. The van der Waals surface area contributed by atoms with E-state index in [9.17, 15) is 0 Å². The molecule has 1 N–H and O–H groups in total. The molecule has 4 nitrogen and oxygen atoms in total. The normalized spacial score (nSPS) is 16.9. The van der Waals surface area contributed by atoms with Gasteiger partial charge < -0.3 is 9.73 Å².